The van der Waals surface area contributed by atoms with E-state index in [9.17, 15) is 0 Å². The summed E-state index contributed by atoms with van der Waals surface area (Å²) >= 11 is 0. The Balaban J connectivity index is 2.10. The number of hydrogen-bond donors (Lipinski definition) is 1. The number of hydrogen-bond acceptors (Lipinski definition) is 0. The fourth-order valence-corrected chi connectivity index (χ4v) is 4.38. The molecule has 2 unspecified atom stereocenters. The number of H-pyrrole nitrogens is 1. The second-order valence-corrected chi connectivity index (χ2v) is 7.77. The molecular weight excluding hydrogens is 328 g/mol. The van der Waals surface area contributed by atoms with Gasteiger partial charge in [-0.3, -0.25) is 0 Å². The fourth-order valence-electron chi connectivity index (χ4n) is 4.38. The Morgan fingerprint density at radius 1 is 0.963 bits per heavy atom. The van der Waals surface area contributed by atoms with Gasteiger partial charge in [0.05, 0.1) is 12.5 Å². The lowest BCUT2D eigenvalue weighted by atomic mass is 9.66. The van der Waals surface area contributed by atoms with E-state index in [0.29, 0.717) is 5.92 Å². The number of rotatable bonds is 9. The van der Waals surface area contributed by atoms with Gasteiger partial charge < -0.3 is 0 Å². The van der Waals surface area contributed by atoms with Gasteiger partial charge in [0, 0.05) is 5.41 Å². The van der Waals surface area contributed by atoms with Crippen molar-refractivity contribution >= 4 is 0 Å². The van der Waals surface area contributed by atoms with Crippen LogP contribution in [-0.2, 0) is 18.4 Å². The number of aromatic amines is 1. The van der Waals surface area contributed by atoms with Crippen molar-refractivity contribution in [1.82, 2.24) is 4.98 Å². The Morgan fingerprint density at radius 2 is 1.63 bits per heavy atom. The van der Waals surface area contributed by atoms with Crippen LogP contribution in [-0.4, -0.2) is 4.98 Å². The van der Waals surface area contributed by atoms with Crippen molar-refractivity contribution in [1.29, 1.82) is 0 Å². The van der Waals surface area contributed by atoms with Crippen LogP contribution in [0.15, 0.2) is 73.1 Å². The number of benzene rings is 2. The molecule has 0 radical (unpaired) electrons. The van der Waals surface area contributed by atoms with Crippen LogP contribution in [0.4, 0.5) is 0 Å². The third kappa shape index (κ3) is 4.32. The molecule has 3 rings (SSSR count). The Labute approximate surface area is 164 Å². The molecule has 2 aromatic carbocycles. The number of aromatic nitrogens is 2. The molecule has 0 bridgehead atoms. The van der Waals surface area contributed by atoms with Crippen LogP contribution in [0, 0.1) is 0 Å². The van der Waals surface area contributed by atoms with Crippen LogP contribution >= 0.6 is 0 Å². The maximum Gasteiger partial charge on any atom is 0.258 e. The molecule has 1 heterocycles. The standard InChI is InChI=1S/C25H32N2/c1-4-6-17-23(24-26-18-19-27(24)5-2)25(3,22-15-11-8-12-16-22)20-21-13-9-7-10-14-21/h7-16,18-19,23H,4-6,17,20H2,1-3H3/p+1. The van der Waals surface area contributed by atoms with Crippen LogP contribution in [0.5, 0.6) is 0 Å². The van der Waals surface area contributed by atoms with Crippen molar-refractivity contribution in [3.05, 3.63) is 90.0 Å². The van der Waals surface area contributed by atoms with Gasteiger partial charge in [-0.05, 0) is 30.9 Å². The molecule has 2 nitrogen and oxygen atoms in total. The van der Waals surface area contributed by atoms with E-state index in [4.69, 9.17) is 0 Å². The molecule has 0 aliphatic rings. The molecule has 0 saturated carbocycles. The monoisotopic (exact) mass is 361 g/mol. The summed E-state index contributed by atoms with van der Waals surface area (Å²) in [6.45, 7) is 7.97. The summed E-state index contributed by atoms with van der Waals surface area (Å²) in [5.41, 5.74) is 2.85. The molecular formula is C25H33N2+. The first-order valence-electron chi connectivity index (χ1n) is 10.3. The number of imidazole rings is 1. The van der Waals surface area contributed by atoms with Crippen LogP contribution in [0.3, 0.4) is 0 Å². The minimum atomic E-state index is 0.0273. The van der Waals surface area contributed by atoms with Gasteiger partial charge in [-0.25, -0.2) is 9.55 Å². The molecule has 0 spiro atoms. The van der Waals surface area contributed by atoms with E-state index in [0.717, 1.165) is 13.0 Å². The van der Waals surface area contributed by atoms with E-state index < -0.39 is 0 Å². The first kappa shape index (κ1) is 19.4. The first-order valence-corrected chi connectivity index (χ1v) is 10.3. The highest BCUT2D eigenvalue weighted by Gasteiger charge is 2.41. The van der Waals surface area contributed by atoms with Crippen LogP contribution < -0.4 is 4.57 Å². The van der Waals surface area contributed by atoms with Crippen LogP contribution in [0.2, 0.25) is 0 Å². The number of nitrogens with one attached hydrogen (secondary N) is 1. The van der Waals surface area contributed by atoms with Gasteiger partial charge >= 0.3 is 0 Å². The Morgan fingerprint density at radius 3 is 2.26 bits per heavy atom. The van der Waals surface area contributed by atoms with E-state index in [1.54, 1.807) is 0 Å². The summed E-state index contributed by atoms with van der Waals surface area (Å²) in [6, 6.07) is 22.0. The molecule has 1 aromatic heterocycles. The van der Waals surface area contributed by atoms with Gasteiger partial charge in [0.25, 0.3) is 5.82 Å². The van der Waals surface area contributed by atoms with Gasteiger partial charge in [-0.15, -0.1) is 0 Å². The molecule has 1 N–H and O–H groups in total. The average molecular weight is 362 g/mol. The zero-order valence-corrected chi connectivity index (χ0v) is 17.0. The van der Waals surface area contributed by atoms with Crippen molar-refractivity contribution < 1.29 is 4.57 Å². The molecule has 27 heavy (non-hydrogen) atoms. The van der Waals surface area contributed by atoms with Gasteiger partial charge in [0.2, 0.25) is 0 Å². The second-order valence-electron chi connectivity index (χ2n) is 7.77. The summed E-state index contributed by atoms with van der Waals surface area (Å²) in [4.78, 5) is 3.59. The number of nitrogens with zero attached hydrogens (tertiary/aromatic N) is 1. The number of unbranched alkanes of at least 4 members (excludes halogenated alkanes) is 1. The molecule has 3 aromatic rings. The van der Waals surface area contributed by atoms with E-state index in [1.807, 2.05) is 0 Å². The average Bonchev–Trinajstić information content (AvgIpc) is 3.18. The maximum atomic E-state index is 3.59. The molecule has 0 aliphatic heterocycles. The molecule has 0 aliphatic carbocycles. The minimum absolute atomic E-state index is 0.0273. The summed E-state index contributed by atoms with van der Waals surface area (Å²) in [5, 5.41) is 0. The fraction of sp³-hybridized carbons (Fsp3) is 0.400. The summed E-state index contributed by atoms with van der Waals surface area (Å²) < 4.78 is 2.38. The van der Waals surface area contributed by atoms with Gasteiger partial charge in [0.1, 0.15) is 12.4 Å². The van der Waals surface area contributed by atoms with Gasteiger partial charge in [-0.2, -0.15) is 0 Å². The third-order valence-corrected chi connectivity index (χ3v) is 5.93. The van der Waals surface area contributed by atoms with Crippen molar-refractivity contribution in [3.63, 3.8) is 0 Å². The highest BCUT2D eigenvalue weighted by atomic mass is 15.1. The molecule has 0 amide bonds. The van der Waals surface area contributed by atoms with Crippen molar-refractivity contribution in [2.24, 2.45) is 0 Å². The number of aryl methyl sites for hydroxylation is 1. The summed E-state index contributed by atoms with van der Waals surface area (Å²) in [6.07, 6.45) is 8.96. The van der Waals surface area contributed by atoms with Crippen molar-refractivity contribution in [2.45, 2.75) is 64.3 Å². The predicted octanol–water partition coefficient (Wildman–Crippen LogP) is 5.80. The summed E-state index contributed by atoms with van der Waals surface area (Å²) in [7, 11) is 0. The zero-order valence-electron chi connectivity index (χ0n) is 17.0. The largest absolute Gasteiger partial charge is 0.258 e. The smallest absolute Gasteiger partial charge is 0.247 e. The molecule has 0 fully saturated rings. The highest BCUT2D eigenvalue weighted by Crippen LogP contribution is 2.43. The quantitative estimate of drug-likeness (QED) is 0.465. The second kappa shape index (κ2) is 9.03. The third-order valence-electron chi connectivity index (χ3n) is 5.93. The van der Waals surface area contributed by atoms with Crippen LogP contribution in [0.25, 0.3) is 0 Å². The summed E-state index contributed by atoms with van der Waals surface area (Å²) in [5.74, 6) is 1.79. The van der Waals surface area contributed by atoms with Crippen molar-refractivity contribution in [2.75, 3.05) is 0 Å². The van der Waals surface area contributed by atoms with E-state index in [1.165, 1.54) is 36.2 Å². The molecule has 2 heteroatoms. The molecule has 142 valence electrons. The molecule has 2 atom stereocenters. The van der Waals surface area contributed by atoms with Crippen LogP contribution in [0.1, 0.15) is 62.9 Å². The minimum Gasteiger partial charge on any atom is -0.247 e. The van der Waals surface area contributed by atoms with Crippen molar-refractivity contribution in [3.8, 4) is 0 Å². The van der Waals surface area contributed by atoms with E-state index in [2.05, 4.69) is 103 Å². The topological polar surface area (TPSA) is 19.7 Å². The van der Waals surface area contributed by atoms with E-state index in [-0.39, 0.29) is 5.41 Å². The Kier molecular flexibility index (Phi) is 6.49. The molecule has 0 saturated heterocycles. The zero-order chi connectivity index (χ0) is 19.1. The maximum absolute atomic E-state index is 3.59. The Bertz CT molecular complexity index is 807. The SMILES string of the molecule is CCCCC(c1[nH]cc[n+]1CC)C(C)(Cc1ccccc1)c1ccccc1. The van der Waals surface area contributed by atoms with Gasteiger partial charge in [-0.1, -0.05) is 87.4 Å². The van der Waals surface area contributed by atoms with Gasteiger partial charge in [0.15, 0.2) is 0 Å². The lowest BCUT2D eigenvalue weighted by Crippen LogP contribution is -2.43. The van der Waals surface area contributed by atoms with E-state index >= 15 is 0 Å². The highest BCUT2D eigenvalue weighted by molar-refractivity contribution is 5.32. The lowest BCUT2D eigenvalue weighted by molar-refractivity contribution is -0.701. The Hall–Kier alpha value is -2.35. The predicted molar refractivity (Wildman–Crippen MR) is 113 cm³/mol. The lowest BCUT2D eigenvalue weighted by Gasteiger charge is -2.37. The first-order chi connectivity index (χ1) is 13.2. The normalized spacial score (nSPS) is 14.6.